The molecular formula is C8H7O2S. The van der Waals surface area contributed by atoms with Crippen LogP contribution in [0.3, 0.4) is 0 Å². The lowest BCUT2D eigenvalue weighted by atomic mass is 10.3. The number of thiocarbonyl (C=S) groups is 1. The van der Waals surface area contributed by atoms with Crippen LogP contribution in [0.1, 0.15) is 0 Å². The van der Waals surface area contributed by atoms with Gasteiger partial charge in [0.05, 0.1) is 5.37 Å². The van der Waals surface area contributed by atoms with Crippen molar-refractivity contribution in [2.45, 2.75) is 0 Å². The van der Waals surface area contributed by atoms with Crippen LogP contribution in [0.15, 0.2) is 24.3 Å². The van der Waals surface area contributed by atoms with Crippen molar-refractivity contribution in [1.29, 1.82) is 0 Å². The van der Waals surface area contributed by atoms with Crippen LogP contribution in [0.2, 0.25) is 0 Å². The molecule has 0 heterocycles. The number of hydrogen-bond donors (Lipinski definition) is 1. The van der Waals surface area contributed by atoms with Gasteiger partial charge >= 0.3 is 0 Å². The molecule has 0 aromatic heterocycles. The molecule has 3 heteroatoms. The molecule has 2 nitrogen and oxygen atoms in total. The Labute approximate surface area is 70.4 Å². The van der Waals surface area contributed by atoms with Crippen LogP contribution < -0.4 is 4.74 Å². The predicted octanol–water partition coefficient (Wildman–Crippen LogP) is 1.65. The number of hydrogen-bond acceptors (Lipinski definition) is 3. The molecular weight excluding hydrogens is 160 g/mol. The molecule has 0 saturated carbocycles. The lowest BCUT2D eigenvalue weighted by molar-refractivity contribution is 0.381. The average Bonchev–Trinajstić information content (AvgIpc) is 2.04. The van der Waals surface area contributed by atoms with Crippen molar-refractivity contribution < 1.29 is 9.84 Å². The van der Waals surface area contributed by atoms with E-state index in [9.17, 15) is 0 Å². The average molecular weight is 167 g/mol. The fourth-order valence-corrected chi connectivity index (χ4v) is 0.714. The van der Waals surface area contributed by atoms with Gasteiger partial charge in [0, 0.05) is 0 Å². The van der Waals surface area contributed by atoms with E-state index in [2.05, 4.69) is 17.6 Å². The number of phenolic OH excluding ortho intramolecular Hbond substituents is 1. The highest BCUT2D eigenvalue weighted by molar-refractivity contribution is 7.79. The minimum atomic E-state index is 0.226. The number of ether oxygens (including phenoxy) is 1. The molecule has 57 valence electrons. The van der Waals surface area contributed by atoms with E-state index in [-0.39, 0.29) is 5.75 Å². The van der Waals surface area contributed by atoms with Crippen LogP contribution in [-0.2, 0) is 0 Å². The maximum Gasteiger partial charge on any atom is 0.125 e. The molecule has 0 atom stereocenters. The summed E-state index contributed by atoms with van der Waals surface area (Å²) in [5.41, 5.74) is 0. The topological polar surface area (TPSA) is 29.5 Å². The Bertz CT molecular complexity index is 230. The lowest BCUT2D eigenvalue weighted by Gasteiger charge is -2.00. The fraction of sp³-hybridized carbons (Fsp3) is 0.125. The van der Waals surface area contributed by atoms with Crippen LogP contribution in [-0.4, -0.2) is 17.1 Å². The molecule has 0 spiro atoms. The summed E-state index contributed by atoms with van der Waals surface area (Å²) < 4.78 is 5.08. The lowest BCUT2D eigenvalue weighted by Crippen LogP contribution is -1.95. The molecule has 1 N–H and O–H groups in total. The largest absolute Gasteiger partial charge is 0.508 e. The molecule has 1 aromatic carbocycles. The molecule has 1 aromatic rings. The molecule has 11 heavy (non-hydrogen) atoms. The highest BCUT2D eigenvalue weighted by Crippen LogP contribution is 2.15. The Morgan fingerprint density at radius 3 is 2.55 bits per heavy atom. The van der Waals surface area contributed by atoms with Gasteiger partial charge in [0.25, 0.3) is 0 Å². The first-order chi connectivity index (χ1) is 5.33. The van der Waals surface area contributed by atoms with Crippen LogP contribution in [0, 0.1) is 0 Å². The maximum absolute atomic E-state index is 8.89. The highest BCUT2D eigenvalue weighted by atomic mass is 32.1. The number of aromatic hydroxyl groups is 1. The molecule has 0 aliphatic heterocycles. The van der Waals surface area contributed by atoms with Crippen molar-refractivity contribution in [2.24, 2.45) is 0 Å². The van der Waals surface area contributed by atoms with Gasteiger partial charge in [-0.2, -0.15) is 0 Å². The molecule has 0 bridgehead atoms. The van der Waals surface area contributed by atoms with Crippen molar-refractivity contribution >= 4 is 17.6 Å². The smallest absolute Gasteiger partial charge is 0.125 e. The Kier molecular flexibility index (Phi) is 2.86. The summed E-state index contributed by atoms with van der Waals surface area (Å²) >= 11 is 4.45. The van der Waals surface area contributed by atoms with Gasteiger partial charge in [-0.3, -0.25) is 0 Å². The van der Waals surface area contributed by atoms with Crippen LogP contribution in [0.4, 0.5) is 0 Å². The SMILES string of the molecule is Oc1ccc(OC[C]=S)cc1. The van der Waals surface area contributed by atoms with E-state index in [0.717, 1.165) is 0 Å². The number of rotatable bonds is 3. The normalized spacial score (nSPS) is 9.09. The molecule has 1 rings (SSSR count). The Hall–Kier alpha value is -1.09. The van der Waals surface area contributed by atoms with E-state index in [1.54, 1.807) is 24.3 Å². The quantitative estimate of drug-likeness (QED) is 0.694. The summed E-state index contributed by atoms with van der Waals surface area (Å²) in [6, 6.07) is 6.45. The summed E-state index contributed by atoms with van der Waals surface area (Å²) in [4.78, 5) is 0. The summed E-state index contributed by atoms with van der Waals surface area (Å²) in [5.74, 6) is 0.906. The summed E-state index contributed by atoms with van der Waals surface area (Å²) in [6.45, 7) is 0.292. The zero-order chi connectivity index (χ0) is 8.10. The van der Waals surface area contributed by atoms with Crippen molar-refractivity contribution in [3.8, 4) is 11.5 Å². The fourth-order valence-electron chi connectivity index (χ4n) is 0.655. The van der Waals surface area contributed by atoms with E-state index >= 15 is 0 Å². The third-order valence-electron chi connectivity index (χ3n) is 1.13. The van der Waals surface area contributed by atoms with Gasteiger partial charge in [-0.15, -0.1) is 0 Å². The highest BCUT2D eigenvalue weighted by Gasteiger charge is 1.90. The first-order valence-electron chi connectivity index (χ1n) is 3.10. The van der Waals surface area contributed by atoms with Crippen molar-refractivity contribution in [3.05, 3.63) is 24.3 Å². The monoisotopic (exact) mass is 167 g/mol. The second-order valence-corrected chi connectivity index (χ2v) is 2.22. The molecule has 1 radical (unpaired) electrons. The van der Waals surface area contributed by atoms with Gasteiger partial charge in [-0.05, 0) is 24.3 Å². The first-order valence-corrected chi connectivity index (χ1v) is 3.50. The molecule has 0 aliphatic rings. The van der Waals surface area contributed by atoms with Crippen LogP contribution >= 0.6 is 12.2 Å². The summed E-state index contributed by atoms with van der Waals surface area (Å²) in [7, 11) is 0. The van der Waals surface area contributed by atoms with Gasteiger partial charge in [-0.1, -0.05) is 12.2 Å². The predicted molar refractivity (Wildman–Crippen MR) is 46.2 cm³/mol. The van der Waals surface area contributed by atoms with E-state index < -0.39 is 0 Å². The number of benzene rings is 1. The molecule has 0 aliphatic carbocycles. The molecule has 0 saturated heterocycles. The van der Waals surface area contributed by atoms with Crippen molar-refractivity contribution in [3.63, 3.8) is 0 Å². The van der Waals surface area contributed by atoms with Crippen molar-refractivity contribution in [1.82, 2.24) is 0 Å². The first kappa shape index (κ1) is 8.01. The second kappa shape index (κ2) is 3.93. The summed E-state index contributed by atoms with van der Waals surface area (Å²) in [5, 5.41) is 11.3. The minimum Gasteiger partial charge on any atom is -0.508 e. The maximum atomic E-state index is 8.89. The van der Waals surface area contributed by atoms with E-state index in [1.807, 2.05) is 0 Å². The Morgan fingerprint density at radius 2 is 2.00 bits per heavy atom. The molecule has 0 unspecified atom stereocenters. The van der Waals surface area contributed by atoms with Gasteiger partial charge in [0.15, 0.2) is 0 Å². The third-order valence-corrected chi connectivity index (χ3v) is 1.25. The van der Waals surface area contributed by atoms with Crippen LogP contribution in [0.5, 0.6) is 11.5 Å². The van der Waals surface area contributed by atoms with Crippen LogP contribution in [0.25, 0.3) is 0 Å². The van der Waals surface area contributed by atoms with Gasteiger partial charge < -0.3 is 9.84 Å². The second-order valence-electron chi connectivity index (χ2n) is 1.93. The van der Waals surface area contributed by atoms with E-state index in [4.69, 9.17) is 9.84 Å². The summed E-state index contributed by atoms with van der Waals surface area (Å²) in [6.07, 6.45) is 0. The number of phenols is 1. The molecule has 0 amide bonds. The van der Waals surface area contributed by atoms with Gasteiger partial charge in [0.1, 0.15) is 18.1 Å². The van der Waals surface area contributed by atoms with E-state index in [0.29, 0.717) is 12.4 Å². The molecule has 0 fully saturated rings. The Balaban J connectivity index is 2.58. The van der Waals surface area contributed by atoms with Gasteiger partial charge in [0.2, 0.25) is 0 Å². The van der Waals surface area contributed by atoms with Crippen molar-refractivity contribution in [2.75, 3.05) is 6.61 Å². The zero-order valence-corrected chi connectivity index (χ0v) is 6.60. The zero-order valence-electron chi connectivity index (χ0n) is 5.78. The Morgan fingerprint density at radius 1 is 1.36 bits per heavy atom. The van der Waals surface area contributed by atoms with Gasteiger partial charge in [-0.25, -0.2) is 0 Å². The third kappa shape index (κ3) is 2.55. The minimum absolute atomic E-state index is 0.226. The standard InChI is InChI=1S/C8H7O2S/c9-7-1-3-8(4-2-7)10-5-6-11/h1-4,9H,5H2. The van der Waals surface area contributed by atoms with E-state index in [1.165, 1.54) is 0 Å².